The summed E-state index contributed by atoms with van der Waals surface area (Å²) in [4.78, 5) is 1.46. The van der Waals surface area contributed by atoms with Gasteiger partial charge in [0.2, 0.25) is 0 Å². The molecule has 0 aromatic carbocycles. The molecule has 0 saturated heterocycles. The fraction of sp³-hybridized carbons (Fsp3) is 0.636. The van der Waals surface area contributed by atoms with Crippen molar-refractivity contribution < 1.29 is 4.74 Å². The van der Waals surface area contributed by atoms with Crippen molar-refractivity contribution >= 4 is 11.3 Å². The maximum absolute atomic E-state index is 6.14. The highest BCUT2D eigenvalue weighted by molar-refractivity contribution is 7.10. The predicted molar refractivity (Wildman–Crippen MR) is 59.5 cm³/mol. The first-order chi connectivity index (χ1) is 6.70. The highest BCUT2D eigenvalue weighted by Gasteiger charge is 2.28. The summed E-state index contributed by atoms with van der Waals surface area (Å²) in [6.07, 6.45) is 1.17. The second-order valence-corrected chi connectivity index (χ2v) is 5.16. The molecular weight excluding hydrogens is 194 g/mol. The Kier molecular flexibility index (Phi) is 2.91. The van der Waals surface area contributed by atoms with E-state index in [1.54, 1.807) is 0 Å². The first kappa shape index (κ1) is 10.1. The molecule has 2 nitrogen and oxygen atoms in total. The molecule has 0 fully saturated rings. The molecule has 0 bridgehead atoms. The van der Waals surface area contributed by atoms with Gasteiger partial charge in [0.1, 0.15) is 0 Å². The lowest BCUT2D eigenvalue weighted by molar-refractivity contribution is 0.0155. The van der Waals surface area contributed by atoms with Crippen molar-refractivity contribution in [2.75, 3.05) is 6.61 Å². The maximum atomic E-state index is 6.14. The van der Waals surface area contributed by atoms with Crippen LogP contribution < -0.4 is 5.73 Å². The van der Waals surface area contributed by atoms with Gasteiger partial charge >= 0.3 is 0 Å². The molecule has 2 N–H and O–H groups in total. The van der Waals surface area contributed by atoms with Gasteiger partial charge in [-0.3, -0.25) is 0 Å². The highest BCUT2D eigenvalue weighted by Crippen LogP contribution is 2.34. The third kappa shape index (κ3) is 1.72. The van der Waals surface area contributed by atoms with Crippen LogP contribution in [0, 0.1) is 5.92 Å². The number of rotatable bonds is 2. The van der Waals surface area contributed by atoms with Crippen LogP contribution in [0.2, 0.25) is 0 Å². The van der Waals surface area contributed by atoms with Crippen molar-refractivity contribution in [2.24, 2.45) is 11.7 Å². The van der Waals surface area contributed by atoms with Gasteiger partial charge in [0.05, 0.1) is 12.7 Å². The average Bonchev–Trinajstić information content (AvgIpc) is 2.63. The molecule has 1 aromatic heterocycles. The van der Waals surface area contributed by atoms with Crippen LogP contribution in [-0.2, 0) is 11.2 Å². The first-order valence-electron chi connectivity index (χ1n) is 5.13. The van der Waals surface area contributed by atoms with E-state index in [1.807, 2.05) is 11.3 Å². The van der Waals surface area contributed by atoms with Crippen molar-refractivity contribution in [1.82, 2.24) is 0 Å². The molecule has 1 aliphatic heterocycles. The molecule has 14 heavy (non-hydrogen) atoms. The normalized spacial score (nSPS) is 23.6. The Labute approximate surface area is 89.1 Å². The van der Waals surface area contributed by atoms with Crippen molar-refractivity contribution in [3.05, 3.63) is 21.9 Å². The van der Waals surface area contributed by atoms with Gasteiger partial charge in [0.25, 0.3) is 0 Å². The molecular formula is C11H17NOS. The molecule has 1 aliphatic rings. The van der Waals surface area contributed by atoms with E-state index in [9.17, 15) is 0 Å². The summed E-state index contributed by atoms with van der Waals surface area (Å²) in [7, 11) is 0. The molecule has 1 aromatic rings. The van der Waals surface area contributed by atoms with Crippen molar-refractivity contribution in [2.45, 2.75) is 32.4 Å². The minimum Gasteiger partial charge on any atom is -0.371 e. The number of hydrogen-bond acceptors (Lipinski definition) is 3. The van der Waals surface area contributed by atoms with E-state index in [-0.39, 0.29) is 12.1 Å². The molecule has 78 valence electrons. The lowest BCUT2D eigenvalue weighted by Gasteiger charge is -2.30. The number of ether oxygens (including phenoxy) is 1. The molecule has 0 spiro atoms. The molecule has 2 rings (SSSR count). The second-order valence-electron chi connectivity index (χ2n) is 4.16. The highest BCUT2D eigenvalue weighted by atomic mass is 32.1. The first-order valence-corrected chi connectivity index (χ1v) is 6.01. The molecule has 3 heteroatoms. The van der Waals surface area contributed by atoms with Crippen LogP contribution in [0.4, 0.5) is 0 Å². The zero-order valence-electron chi connectivity index (χ0n) is 8.69. The Hall–Kier alpha value is -0.380. The van der Waals surface area contributed by atoms with E-state index in [4.69, 9.17) is 10.5 Å². The summed E-state index contributed by atoms with van der Waals surface area (Å²) in [5.74, 6) is 0.464. The van der Waals surface area contributed by atoms with Gasteiger partial charge < -0.3 is 10.5 Å². The minimum absolute atomic E-state index is 0.114. The van der Waals surface area contributed by atoms with E-state index in [0.29, 0.717) is 5.92 Å². The molecule has 1 unspecified atom stereocenters. The SMILES string of the molecule is CC(C)C(N)[C@@H]1OCCc2sccc21. The Morgan fingerprint density at radius 2 is 2.36 bits per heavy atom. The molecule has 0 aliphatic carbocycles. The largest absolute Gasteiger partial charge is 0.371 e. The van der Waals surface area contributed by atoms with Crippen LogP contribution in [-0.4, -0.2) is 12.6 Å². The second kappa shape index (κ2) is 4.01. The van der Waals surface area contributed by atoms with E-state index >= 15 is 0 Å². The molecule has 0 saturated carbocycles. The summed E-state index contributed by atoms with van der Waals surface area (Å²) >= 11 is 1.82. The van der Waals surface area contributed by atoms with Gasteiger partial charge in [-0.1, -0.05) is 13.8 Å². The third-order valence-corrected chi connectivity index (χ3v) is 3.83. The lowest BCUT2D eigenvalue weighted by Crippen LogP contribution is -2.37. The van der Waals surface area contributed by atoms with Crippen LogP contribution in [0.15, 0.2) is 11.4 Å². The van der Waals surface area contributed by atoms with E-state index in [1.165, 1.54) is 10.4 Å². The van der Waals surface area contributed by atoms with Crippen LogP contribution in [0.25, 0.3) is 0 Å². The predicted octanol–water partition coefficient (Wildman–Crippen LogP) is 2.35. The van der Waals surface area contributed by atoms with Crippen molar-refractivity contribution in [3.63, 3.8) is 0 Å². The van der Waals surface area contributed by atoms with Crippen molar-refractivity contribution in [1.29, 1.82) is 0 Å². The zero-order valence-corrected chi connectivity index (χ0v) is 9.51. The van der Waals surface area contributed by atoms with Crippen molar-refractivity contribution in [3.8, 4) is 0 Å². The van der Waals surface area contributed by atoms with Crippen LogP contribution in [0.5, 0.6) is 0 Å². The lowest BCUT2D eigenvalue weighted by atomic mass is 9.93. The summed E-state index contributed by atoms with van der Waals surface area (Å²) < 4.78 is 5.77. The minimum atomic E-state index is 0.114. The quantitative estimate of drug-likeness (QED) is 0.815. The summed E-state index contributed by atoms with van der Waals surface area (Å²) in [6, 6.07) is 2.27. The van der Waals surface area contributed by atoms with E-state index in [2.05, 4.69) is 25.3 Å². The van der Waals surface area contributed by atoms with Gasteiger partial charge in [-0.25, -0.2) is 0 Å². The standard InChI is InChI=1S/C11H17NOS/c1-7(2)10(12)11-8-4-6-14-9(8)3-5-13-11/h4,6-7,10-11H,3,5,12H2,1-2H3/t10?,11-/m1/s1. The van der Waals surface area contributed by atoms with Crippen LogP contribution in [0.1, 0.15) is 30.4 Å². The zero-order chi connectivity index (χ0) is 10.1. The smallest absolute Gasteiger partial charge is 0.0989 e. The summed E-state index contributed by atoms with van der Waals surface area (Å²) in [5.41, 5.74) is 7.47. The number of hydrogen-bond donors (Lipinski definition) is 1. The van der Waals surface area contributed by atoms with Gasteiger partial charge in [-0.2, -0.15) is 0 Å². The number of fused-ring (bicyclic) bond motifs is 1. The van der Waals surface area contributed by atoms with Gasteiger partial charge in [0.15, 0.2) is 0 Å². The molecule has 0 radical (unpaired) electrons. The monoisotopic (exact) mass is 211 g/mol. The van der Waals surface area contributed by atoms with Crippen LogP contribution in [0.3, 0.4) is 0 Å². The third-order valence-electron chi connectivity index (χ3n) is 2.83. The Morgan fingerprint density at radius 1 is 1.57 bits per heavy atom. The Bertz CT molecular complexity index is 308. The van der Waals surface area contributed by atoms with Gasteiger partial charge in [-0.05, 0) is 22.9 Å². The van der Waals surface area contributed by atoms with E-state index in [0.717, 1.165) is 13.0 Å². The summed E-state index contributed by atoms with van der Waals surface area (Å²) in [5, 5.41) is 2.14. The van der Waals surface area contributed by atoms with Gasteiger partial charge in [-0.15, -0.1) is 11.3 Å². The topological polar surface area (TPSA) is 35.2 Å². The Morgan fingerprint density at radius 3 is 3.07 bits per heavy atom. The molecule has 2 atom stereocenters. The fourth-order valence-corrected chi connectivity index (χ4v) is 2.74. The number of nitrogens with two attached hydrogens (primary N) is 1. The average molecular weight is 211 g/mol. The maximum Gasteiger partial charge on any atom is 0.0989 e. The van der Waals surface area contributed by atoms with Crippen LogP contribution >= 0.6 is 11.3 Å². The molecule has 0 amide bonds. The van der Waals surface area contributed by atoms with Gasteiger partial charge in [0, 0.05) is 17.3 Å². The fourth-order valence-electron chi connectivity index (χ4n) is 1.84. The summed E-state index contributed by atoms with van der Waals surface area (Å²) in [6.45, 7) is 5.11. The molecule has 2 heterocycles. The number of thiophene rings is 1. The van der Waals surface area contributed by atoms with E-state index < -0.39 is 0 Å². The Balaban J connectivity index is 2.23.